The number of halogens is 2. The summed E-state index contributed by atoms with van der Waals surface area (Å²) >= 11 is 0. The number of morpholine rings is 1. The van der Waals surface area contributed by atoms with Crippen LogP contribution < -0.4 is 10.2 Å². The van der Waals surface area contributed by atoms with Gasteiger partial charge < -0.3 is 19.9 Å². The largest absolute Gasteiger partial charge is 0.373 e. The van der Waals surface area contributed by atoms with Crippen LogP contribution in [0, 0.1) is 18.6 Å². The van der Waals surface area contributed by atoms with E-state index in [0.29, 0.717) is 12.6 Å². The van der Waals surface area contributed by atoms with E-state index in [0.717, 1.165) is 68.8 Å². The first-order valence-corrected chi connectivity index (χ1v) is 12.0. The predicted octanol–water partition coefficient (Wildman–Crippen LogP) is 3.05. The number of aryl methyl sites for hydroxylation is 1. The molecule has 3 aromatic rings. The number of nitrogens with zero attached hydrogens (tertiary/aromatic N) is 6. The van der Waals surface area contributed by atoms with Crippen LogP contribution >= 0.6 is 0 Å². The third kappa shape index (κ3) is 5.95. The van der Waals surface area contributed by atoms with E-state index in [1.54, 1.807) is 0 Å². The van der Waals surface area contributed by atoms with Crippen LogP contribution in [0.1, 0.15) is 5.56 Å². The molecule has 0 saturated carbocycles. The molecule has 8 nitrogen and oxygen atoms in total. The number of ether oxygens (including phenoxy) is 1. The van der Waals surface area contributed by atoms with E-state index in [2.05, 4.69) is 56.2 Å². The summed E-state index contributed by atoms with van der Waals surface area (Å²) in [4.78, 5) is 11.5. The summed E-state index contributed by atoms with van der Waals surface area (Å²) in [5, 5.41) is 7.55. The second kappa shape index (κ2) is 10.3. The molecule has 186 valence electrons. The molecule has 10 heteroatoms. The summed E-state index contributed by atoms with van der Waals surface area (Å²) in [6, 6.07) is 9.52. The third-order valence-electron chi connectivity index (χ3n) is 6.48. The number of hydrogen-bond acceptors (Lipinski definition) is 7. The fourth-order valence-electron chi connectivity index (χ4n) is 4.65. The maximum absolute atomic E-state index is 13.6. The van der Waals surface area contributed by atoms with Crippen molar-refractivity contribution in [3.8, 4) is 5.69 Å². The van der Waals surface area contributed by atoms with E-state index < -0.39 is 11.6 Å². The highest BCUT2D eigenvalue weighted by atomic mass is 19.1. The minimum atomic E-state index is -0.662. The number of hydrogen-bond donors (Lipinski definition) is 1. The zero-order valence-corrected chi connectivity index (χ0v) is 20.1. The second-order valence-corrected chi connectivity index (χ2v) is 9.37. The molecule has 0 amide bonds. The topological polar surface area (TPSA) is 61.7 Å². The normalized spacial score (nSPS) is 19.8. The summed E-state index contributed by atoms with van der Waals surface area (Å²) in [5.74, 6) is -0.976. The highest BCUT2D eigenvalue weighted by molar-refractivity contribution is 5.64. The lowest BCUT2D eigenvalue weighted by molar-refractivity contribution is 0.00681. The van der Waals surface area contributed by atoms with E-state index in [-0.39, 0.29) is 11.8 Å². The Bertz CT molecular complexity index is 1140. The van der Waals surface area contributed by atoms with Gasteiger partial charge in [0, 0.05) is 63.3 Å². The van der Waals surface area contributed by atoms with Gasteiger partial charge in [0.05, 0.1) is 18.4 Å². The van der Waals surface area contributed by atoms with Gasteiger partial charge in [0.25, 0.3) is 0 Å². The summed E-state index contributed by atoms with van der Waals surface area (Å²) in [7, 11) is 2.17. The van der Waals surface area contributed by atoms with E-state index in [1.165, 1.54) is 23.1 Å². The molecule has 35 heavy (non-hydrogen) atoms. The Morgan fingerprint density at radius 2 is 1.74 bits per heavy atom. The lowest BCUT2D eigenvalue weighted by Crippen LogP contribution is -2.52. The van der Waals surface area contributed by atoms with Crippen molar-refractivity contribution in [2.45, 2.75) is 13.0 Å². The van der Waals surface area contributed by atoms with E-state index in [9.17, 15) is 8.78 Å². The van der Waals surface area contributed by atoms with Gasteiger partial charge in [-0.3, -0.25) is 4.90 Å². The molecule has 1 atom stereocenters. The lowest BCUT2D eigenvalue weighted by atomic mass is 10.1. The number of rotatable bonds is 6. The molecule has 0 spiro atoms. The molecule has 2 aromatic carbocycles. The zero-order valence-electron chi connectivity index (χ0n) is 20.1. The van der Waals surface area contributed by atoms with Crippen LogP contribution in [-0.4, -0.2) is 90.1 Å². The number of likely N-dealkylation sites (N-methyl/N-ethyl adjacent to an activating group) is 1. The van der Waals surface area contributed by atoms with Crippen LogP contribution in [-0.2, 0) is 4.74 Å². The van der Waals surface area contributed by atoms with Gasteiger partial charge in [0.1, 0.15) is 18.0 Å². The molecule has 2 fully saturated rings. The number of piperazine rings is 1. The van der Waals surface area contributed by atoms with Crippen LogP contribution in [0.2, 0.25) is 0 Å². The summed E-state index contributed by atoms with van der Waals surface area (Å²) in [5.41, 5.74) is 3.35. The average Bonchev–Trinajstić information content (AvgIpc) is 3.28. The van der Waals surface area contributed by atoms with Crippen molar-refractivity contribution in [1.29, 1.82) is 0 Å². The monoisotopic (exact) mass is 483 g/mol. The van der Waals surface area contributed by atoms with Gasteiger partial charge in [-0.25, -0.2) is 13.5 Å². The summed E-state index contributed by atoms with van der Waals surface area (Å²) < 4.78 is 34.6. The zero-order chi connectivity index (χ0) is 24.4. The molecule has 0 aliphatic carbocycles. The Balaban J connectivity index is 1.26. The second-order valence-electron chi connectivity index (χ2n) is 9.37. The Labute approximate surface area is 204 Å². The first kappa shape index (κ1) is 23.7. The lowest BCUT2D eigenvalue weighted by Gasteiger charge is -2.39. The van der Waals surface area contributed by atoms with Crippen molar-refractivity contribution >= 4 is 17.3 Å². The van der Waals surface area contributed by atoms with Gasteiger partial charge in [0.2, 0.25) is 5.95 Å². The number of benzene rings is 2. The van der Waals surface area contributed by atoms with Crippen molar-refractivity contribution in [3.63, 3.8) is 0 Å². The molecule has 1 N–H and O–H groups in total. The molecule has 1 unspecified atom stereocenters. The molecule has 1 aromatic heterocycles. The van der Waals surface area contributed by atoms with Gasteiger partial charge in [-0.05, 0) is 49.9 Å². The van der Waals surface area contributed by atoms with Gasteiger partial charge >= 0.3 is 0 Å². The molecule has 3 heterocycles. The first-order chi connectivity index (χ1) is 16.9. The Morgan fingerprint density at radius 3 is 2.51 bits per heavy atom. The highest BCUT2D eigenvalue weighted by Crippen LogP contribution is 2.26. The van der Waals surface area contributed by atoms with Crippen LogP contribution in [0.5, 0.6) is 0 Å². The summed E-state index contributed by atoms with van der Waals surface area (Å²) in [6.45, 7) is 9.73. The van der Waals surface area contributed by atoms with Gasteiger partial charge in [-0.2, -0.15) is 4.98 Å². The van der Waals surface area contributed by atoms with Crippen LogP contribution in [0.15, 0.2) is 42.7 Å². The third-order valence-corrected chi connectivity index (χ3v) is 6.48. The Hall–Kier alpha value is -3.08. The van der Waals surface area contributed by atoms with Crippen molar-refractivity contribution in [3.05, 3.63) is 59.9 Å². The number of aromatic nitrogens is 3. The summed E-state index contributed by atoms with van der Waals surface area (Å²) in [6.07, 6.45) is 1.60. The standard InChI is InChI=1S/C25H31F2N7O/c1-18-9-21(29-25-28-17-34(30-25)23-12-19(26)11-20(27)13-23)14-22(10-18)33-7-8-35-24(16-33)15-32-5-3-31(2)4-6-32/h9-14,17,24H,3-8,15-16H2,1-2H3,(H,29,30). The minimum absolute atomic E-state index is 0.174. The Morgan fingerprint density at radius 1 is 0.971 bits per heavy atom. The predicted molar refractivity (Wildman–Crippen MR) is 132 cm³/mol. The fraction of sp³-hybridized carbons (Fsp3) is 0.440. The first-order valence-electron chi connectivity index (χ1n) is 12.0. The van der Waals surface area contributed by atoms with Crippen LogP contribution in [0.4, 0.5) is 26.1 Å². The molecule has 2 aliphatic heterocycles. The van der Waals surface area contributed by atoms with Crippen LogP contribution in [0.25, 0.3) is 5.69 Å². The maximum Gasteiger partial charge on any atom is 0.246 e. The fourth-order valence-corrected chi connectivity index (χ4v) is 4.65. The average molecular weight is 484 g/mol. The quantitative estimate of drug-likeness (QED) is 0.578. The van der Waals surface area contributed by atoms with Gasteiger partial charge in [0.15, 0.2) is 0 Å². The highest BCUT2D eigenvalue weighted by Gasteiger charge is 2.25. The van der Waals surface area contributed by atoms with E-state index in [1.807, 2.05) is 6.07 Å². The van der Waals surface area contributed by atoms with Crippen LogP contribution in [0.3, 0.4) is 0 Å². The molecule has 2 saturated heterocycles. The molecule has 5 rings (SSSR count). The smallest absolute Gasteiger partial charge is 0.246 e. The Kier molecular flexibility index (Phi) is 6.94. The number of nitrogens with one attached hydrogen (secondary N) is 1. The molecular formula is C25H31F2N7O. The van der Waals surface area contributed by atoms with Crippen molar-refractivity contribution in [2.24, 2.45) is 0 Å². The van der Waals surface area contributed by atoms with Crippen molar-refractivity contribution < 1.29 is 13.5 Å². The molecule has 2 aliphatic rings. The SMILES string of the molecule is Cc1cc(Nc2ncn(-c3cc(F)cc(F)c3)n2)cc(N2CCOC(CN3CCN(C)CC3)C2)c1. The van der Waals surface area contributed by atoms with Gasteiger partial charge in [-0.15, -0.1) is 5.10 Å². The molecular weight excluding hydrogens is 452 g/mol. The van der Waals surface area contributed by atoms with E-state index in [4.69, 9.17) is 4.74 Å². The van der Waals surface area contributed by atoms with Crippen molar-refractivity contribution in [1.82, 2.24) is 24.6 Å². The minimum Gasteiger partial charge on any atom is -0.373 e. The molecule has 0 radical (unpaired) electrons. The van der Waals surface area contributed by atoms with E-state index >= 15 is 0 Å². The maximum atomic E-state index is 13.6. The number of anilines is 3. The molecule has 0 bridgehead atoms. The van der Waals surface area contributed by atoms with Crippen molar-refractivity contribution in [2.75, 3.05) is 69.7 Å². The van der Waals surface area contributed by atoms with Gasteiger partial charge in [-0.1, -0.05) is 0 Å².